The molecule has 0 aromatic carbocycles. The summed E-state index contributed by atoms with van der Waals surface area (Å²) < 4.78 is 1.13. The van der Waals surface area contributed by atoms with Gasteiger partial charge in [0.05, 0.1) is 6.04 Å². The highest BCUT2D eigenvalue weighted by Crippen LogP contribution is 2.43. The number of halogens is 1. The minimum Gasteiger partial charge on any atom is -0.330 e. The van der Waals surface area contributed by atoms with Gasteiger partial charge in [-0.3, -0.25) is 4.79 Å². The van der Waals surface area contributed by atoms with Crippen LogP contribution in [0.5, 0.6) is 0 Å². The summed E-state index contributed by atoms with van der Waals surface area (Å²) in [5.41, 5.74) is 6.29. The molecule has 98 valence electrons. The van der Waals surface area contributed by atoms with Gasteiger partial charge in [0.25, 0.3) is 0 Å². The fraction of sp³-hybridized carbons (Fsp3) is 0.615. The minimum absolute atomic E-state index is 0.0771. The molecule has 1 aromatic rings. The lowest BCUT2D eigenvalue weighted by atomic mass is 9.95. The van der Waals surface area contributed by atoms with Gasteiger partial charge in [0.1, 0.15) is 0 Å². The van der Waals surface area contributed by atoms with Crippen molar-refractivity contribution in [2.75, 3.05) is 0 Å². The highest BCUT2D eigenvalue weighted by molar-refractivity contribution is 9.10. The van der Waals surface area contributed by atoms with Gasteiger partial charge in [0, 0.05) is 32.7 Å². The van der Waals surface area contributed by atoms with Crippen LogP contribution in [0.1, 0.15) is 41.5 Å². The number of hydrogen-bond acceptors (Lipinski definition) is 3. The van der Waals surface area contributed by atoms with Gasteiger partial charge in [-0.15, -0.1) is 11.3 Å². The molecule has 1 aliphatic carbocycles. The van der Waals surface area contributed by atoms with E-state index in [1.807, 2.05) is 0 Å². The van der Waals surface area contributed by atoms with Gasteiger partial charge in [-0.2, -0.15) is 0 Å². The first-order chi connectivity index (χ1) is 8.58. The Morgan fingerprint density at radius 3 is 2.72 bits per heavy atom. The predicted octanol–water partition coefficient (Wildman–Crippen LogP) is 2.97. The van der Waals surface area contributed by atoms with Gasteiger partial charge in [0.15, 0.2) is 0 Å². The Balaban J connectivity index is 1.96. The maximum Gasteiger partial charge on any atom is 0.223 e. The van der Waals surface area contributed by atoms with Crippen LogP contribution in [0.25, 0.3) is 0 Å². The van der Waals surface area contributed by atoms with E-state index in [2.05, 4.69) is 33.8 Å². The highest BCUT2D eigenvalue weighted by Gasteiger charge is 2.43. The summed E-state index contributed by atoms with van der Waals surface area (Å²) in [7, 11) is 0. The second-order valence-electron chi connectivity index (χ2n) is 5.23. The number of piperidine rings is 1. The van der Waals surface area contributed by atoms with E-state index in [0.29, 0.717) is 12.5 Å². The van der Waals surface area contributed by atoms with Gasteiger partial charge >= 0.3 is 0 Å². The molecule has 18 heavy (non-hydrogen) atoms. The molecule has 2 aliphatic rings. The van der Waals surface area contributed by atoms with Crippen LogP contribution in [0.2, 0.25) is 0 Å². The Bertz CT molecular complexity index is 464. The van der Waals surface area contributed by atoms with E-state index in [0.717, 1.165) is 23.7 Å². The largest absolute Gasteiger partial charge is 0.330 e. The maximum absolute atomic E-state index is 12.2. The Kier molecular flexibility index (Phi) is 3.24. The minimum atomic E-state index is 0.0771. The highest BCUT2D eigenvalue weighted by atomic mass is 79.9. The third kappa shape index (κ3) is 2.12. The van der Waals surface area contributed by atoms with Crippen LogP contribution in [0.4, 0.5) is 0 Å². The number of aryl methyl sites for hydroxylation is 1. The number of amides is 1. The Hall–Kier alpha value is -0.390. The number of hydrogen-bond donors (Lipinski definition) is 1. The first-order valence-electron chi connectivity index (χ1n) is 6.40. The van der Waals surface area contributed by atoms with E-state index < -0.39 is 0 Å². The fourth-order valence-corrected chi connectivity index (χ4v) is 4.43. The summed E-state index contributed by atoms with van der Waals surface area (Å²) in [5.74, 6) is 0.284. The maximum atomic E-state index is 12.2. The first kappa shape index (κ1) is 12.6. The molecule has 3 rings (SSSR count). The van der Waals surface area contributed by atoms with E-state index in [1.54, 1.807) is 11.3 Å². The summed E-state index contributed by atoms with van der Waals surface area (Å²) >= 11 is 5.31. The van der Waals surface area contributed by atoms with Crippen LogP contribution >= 0.6 is 27.3 Å². The van der Waals surface area contributed by atoms with Gasteiger partial charge in [-0.25, -0.2) is 0 Å². The lowest BCUT2D eigenvalue weighted by Crippen LogP contribution is -2.49. The molecule has 0 radical (unpaired) electrons. The van der Waals surface area contributed by atoms with Crippen molar-refractivity contribution in [1.82, 2.24) is 4.90 Å². The van der Waals surface area contributed by atoms with E-state index in [1.165, 1.54) is 9.75 Å². The molecule has 2 fully saturated rings. The standard InChI is InChI=1S/C13H17BrN2OS/c1-7-9(14)6-11(18-7)13-10(15)4-5-12(17)16(13)8-2-3-8/h6,8,10,13H,2-5,15H2,1H3. The van der Waals surface area contributed by atoms with Gasteiger partial charge in [-0.05, 0) is 48.2 Å². The van der Waals surface area contributed by atoms with Gasteiger partial charge in [0.2, 0.25) is 5.91 Å². The zero-order chi connectivity index (χ0) is 12.9. The molecule has 3 nitrogen and oxygen atoms in total. The third-order valence-corrected chi connectivity index (χ3v) is 6.00. The number of likely N-dealkylation sites (tertiary alicyclic amines) is 1. The number of thiophene rings is 1. The molecule has 1 amide bonds. The SMILES string of the molecule is Cc1sc(C2C(N)CCC(=O)N2C2CC2)cc1Br. The van der Waals surface area contributed by atoms with Crippen molar-refractivity contribution in [2.45, 2.75) is 50.7 Å². The average Bonchev–Trinajstić information content (AvgIpc) is 3.10. The lowest BCUT2D eigenvalue weighted by molar-refractivity contribution is -0.138. The van der Waals surface area contributed by atoms with Crippen molar-refractivity contribution in [1.29, 1.82) is 0 Å². The van der Waals surface area contributed by atoms with Gasteiger partial charge < -0.3 is 10.6 Å². The van der Waals surface area contributed by atoms with Gasteiger partial charge in [-0.1, -0.05) is 0 Å². The van der Waals surface area contributed by atoms with Crippen LogP contribution in [0, 0.1) is 6.92 Å². The number of rotatable bonds is 2. The van der Waals surface area contributed by atoms with Crippen molar-refractivity contribution >= 4 is 33.2 Å². The topological polar surface area (TPSA) is 46.3 Å². The Morgan fingerprint density at radius 1 is 1.44 bits per heavy atom. The monoisotopic (exact) mass is 328 g/mol. The number of carbonyl (C=O) groups is 1. The zero-order valence-electron chi connectivity index (χ0n) is 10.4. The molecule has 0 bridgehead atoms. The normalized spacial score (nSPS) is 28.8. The summed E-state index contributed by atoms with van der Waals surface area (Å²) in [6, 6.07) is 2.75. The molecule has 1 saturated carbocycles. The Labute approximate surface area is 119 Å². The lowest BCUT2D eigenvalue weighted by Gasteiger charge is -2.39. The average molecular weight is 329 g/mol. The molecular formula is C13H17BrN2OS. The van der Waals surface area contributed by atoms with E-state index in [4.69, 9.17) is 5.73 Å². The Morgan fingerprint density at radius 2 is 2.17 bits per heavy atom. The molecular weight excluding hydrogens is 312 g/mol. The molecule has 2 unspecified atom stereocenters. The summed E-state index contributed by atoms with van der Waals surface area (Å²) in [4.78, 5) is 16.7. The first-order valence-corrected chi connectivity index (χ1v) is 8.01. The molecule has 0 spiro atoms. The molecule has 1 saturated heterocycles. The number of nitrogens with zero attached hydrogens (tertiary/aromatic N) is 1. The second kappa shape index (κ2) is 4.62. The van der Waals surface area contributed by atoms with Crippen molar-refractivity contribution in [3.63, 3.8) is 0 Å². The smallest absolute Gasteiger partial charge is 0.223 e. The molecule has 2 atom stereocenters. The van der Waals surface area contributed by atoms with Crippen molar-refractivity contribution in [3.05, 3.63) is 20.3 Å². The van der Waals surface area contributed by atoms with E-state index >= 15 is 0 Å². The van der Waals surface area contributed by atoms with Crippen LogP contribution in [-0.2, 0) is 4.79 Å². The van der Waals surface area contributed by atoms with E-state index in [9.17, 15) is 4.79 Å². The van der Waals surface area contributed by atoms with Crippen LogP contribution < -0.4 is 5.73 Å². The molecule has 2 heterocycles. The quantitative estimate of drug-likeness (QED) is 0.907. The molecule has 2 N–H and O–H groups in total. The molecule has 1 aliphatic heterocycles. The molecule has 5 heteroatoms. The zero-order valence-corrected chi connectivity index (χ0v) is 12.8. The third-order valence-electron chi connectivity index (χ3n) is 3.79. The predicted molar refractivity (Wildman–Crippen MR) is 76.6 cm³/mol. The van der Waals surface area contributed by atoms with Crippen LogP contribution in [-0.4, -0.2) is 22.9 Å². The molecule has 1 aromatic heterocycles. The van der Waals surface area contributed by atoms with Crippen molar-refractivity contribution in [2.24, 2.45) is 5.73 Å². The summed E-state index contributed by atoms with van der Waals surface area (Å²) in [5, 5.41) is 0. The van der Waals surface area contributed by atoms with E-state index in [-0.39, 0.29) is 18.0 Å². The second-order valence-corrected chi connectivity index (χ2v) is 7.37. The fourth-order valence-electron chi connectivity index (χ4n) is 2.70. The number of nitrogens with two attached hydrogens (primary N) is 1. The van der Waals surface area contributed by atoms with Crippen molar-refractivity contribution < 1.29 is 4.79 Å². The van der Waals surface area contributed by atoms with Crippen LogP contribution in [0.3, 0.4) is 0 Å². The van der Waals surface area contributed by atoms with Crippen LogP contribution in [0.15, 0.2) is 10.5 Å². The summed E-state index contributed by atoms with van der Waals surface area (Å²) in [6.07, 6.45) is 3.70. The number of carbonyl (C=O) groups excluding carboxylic acids is 1. The van der Waals surface area contributed by atoms with Crippen molar-refractivity contribution in [3.8, 4) is 0 Å². The summed E-state index contributed by atoms with van der Waals surface area (Å²) in [6.45, 7) is 2.09.